The molecule has 1 aliphatic heterocycles. The first-order valence-corrected chi connectivity index (χ1v) is 12.1. The minimum absolute atomic E-state index is 0.00977. The fraction of sp³-hybridized carbons (Fsp3) is 0.381. The lowest BCUT2D eigenvalue weighted by Gasteiger charge is -2.30. The number of nitrogens with one attached hydrogen (secondary N) is 1. The Morgan fingerprint density at radius 2 is 1.71 bits per heavy atom. The summed E-state index contributed by atoms with van der Waals surface area (Å²) in [6.07, 6.45) is -3.70. The van der Waals surface area contributed by atoms with Crippen LogP contribution in [0.3, 0.4) is 0 Å². The van der Waals surface area contributed by atoms with Crippen LogP contribution in [-0.2, 0) is 33.3 Å². The van der Waals surface area contributed by atoms with E-state index in [0.29, 0.717) is 24.0 Å². The molecule has 2 aromatic rings. The molecule has 31 heavy (non-hydrogen) atoms. The van der Waals surface area contributed by atoms with E-state index in [1.807, 2.05) is 6.07 Å². The molecule has 0 bridgehead atoms. The van der Waals surface area contributed by atoms with Crippen molar-refractivity contribution in [3.05, 3.63) is 69.7 Å². The Kier molecular flexibility index (Phi) is 7.43. The van der Waals surface area contributed by atoms with Crippen molar-refractivity contribution in [2.45, 2.75) is 31.3 Å². The summed E-state index contributed by atoms with van der Waals surface area (Å²) in [5.41, 5.74) is 0.274. The highest BCUT2D eigenvalue weighted by atomic mass is 79.9. The molecule has 0 atom stereocenters. The van der Waals surface area contributed by atoms with E-state index in [0.717, 1.165) is 16.6 Å². The zero-order chi connectivity index (χ0) is 22.6. The normalized spacial score (nSPS) is 16.3. The first-order valence-electron chi connectivity index (χ1n) is 9.71. The van der Waals surface area contributed by atoms with Gasteiger partial charge in [0.15, 0.2) is 0 Å². The van der Waals surface area contributed by atoms with Crippen molar-refractivity contribution in [1.29, 1.82) is 0 Å². The van der Waals surface area contributed by atoms with Gasteiger partial charge in [-0.1, -0.05) is 40.2 Å². The molecule has 0 unspecified atom stereocenters. The van der Waals surface area contributed by atoms with Gasteiger partial charge in [0.2, 0.25) is 15.9 Å². The Labute approximate surface area is 187 Å². The van der Waals surface area contributed by atoms with Crippen LogP contribution in [0.4, 0.5) is 13.2 Å². The van der Waals surface area contributed by atoms with Crippen LogP contribution in [-0.4, -0.2) is 31.7 Å². The predicted octanol–water partition coefficient (Wildman–Crippen LogP) is 4.33. The number of alkyl halides is 3. The summed E-state index contributed by atoms with van der Waals surface area (Å²) >= 11 is 3.33. The van der Waals surface area contributed by atoms with E-state index >= 15 is 0 Å². The first kappa shape index (κ1) is 23.7. The zero-order valence-corrected chi connectivity index (χ0v) is 18.9. The molecule has 1 N–H and O–H groups in total. The van der Waals surface area contributed by atoms with E-state index in [1.54, 1.807) is 18.2 Å². The number of sulfonamides is 1. The molecule has 0 radical (unpaired) electrons. The highest BCUT2D eigenvalue weighted by Crippen LogP contribution is 2.29. The summed E-state index contributed by atoms with van der Waals surface area (Å²) in [6, 6.07) is 11.9. The van der Waals surface area contributed by atoms with Gasteiger partial charge in [0.05, 0.1) is 11.3 Å². The third-order valence-electron chi connectivity index (χ3n) is 5.18. The van der Waals surface area contributed by atoms with E-state index in [1.165, 1.54) is 16.4 Å². The predicted molar refractivity (Wildman–Crippen MR) is 114 cm³/mol. The summed E-state index contributed by atoms with van der Waals surface area (Å²) in [5.74, 6) is -0.761. The standard InChI is InChI=1S/C21H22BrF3N2O3S/c22-19-6-2-4-16(12-19)14-31(29,30)27-9-7-17(8-10-27)20(28)26-13-15-3-1-5-18(11-15)21(23,24)25/h1-6,11-12,17H,7-10,13-14H2,(H,26,28). The minimum atomic E-state index is -4.44. The number of amides is 1. The molecule has 168 valence electrons. The van der Waals surface area contributed by atoms with E-state index in [2.05, 4.69) is 21.2 Å². The molecule has 1 heterocycles. The van der Waals surface area contributed by atoms with Gasteiger partial charge >= 0.3 is 6.18 Å². The molecule has 2 aromatic carbocycles. The second-order valence-electron chi connectivity index (χ2n) is 7.48. The van der Waals surface area contributed by atoms with Gasteiger partial charge in [0, 0.05) is 30.0 Å². The topological polar surface area (TPSA) is 66.5 Å². The molecular weight excluding hydrogens is 497 g/mol. The second-order valence-corrected chi connectivity index (χ2v) is 10.4. The molecule has 10 heteroatoms. The van der Waals surface area contributed by atoms with Gasteiger partial charge in [-0.25, -0.2) is 12.7 Å². The number of benzene rings is 2. The molecular formula is C21H22BrF3N2O3S. The third-order valence-corrected chi connectivity index (χ3v) is 7.52. The second kappa shape index (κ2) is 9.70. The van der Waals surface area contributed by atoms with Crippen molar-refractivity contribution in [3.63, 3.8) is 0 Å². The lowest BCUT2D eigenvalue weighted by atomic mass is 9.97. The Hall–Kier alpha value is -1.91. The van der Waals surface area contributed by atoms with Crippen molar-refractivity contribution in [2.24, 2.45) is 5.92 Å². The number of carbonyl (C=O) groups is 1. The monoisotopic (exact) mass is 518 g/mol. The molecule has 5 nitrogen and oxygen atoms in total. The largest absolute Gasteiger partial charge is 0.416 e. The first-order chi connectivity index (χ1) is 14.5. The molecule has 0 aliphatic carbocycles. The van der Waals surface area contributed by atoms with Crippen LogP contribution < -0.4 is 5.32 Å². The lowest BCUT2D eigenvalue weighted by molar-refractivity contribution is -0.137. The van der Waals surface area contributed by atoms with Crippen LogP contribution in [0, 0.1) is 5.92 Å². The molecule has 0 aromatic heterocycles. The maximum atomic E-state index is 12.8. The van der Waals surface area contributed by atoms with Crippen LogP contribution in [0.25, 0.3) is 0 Å². The highest BCUT2D eigenvalue weighted by Gasteiger charge is 2.32. The number of hydrogen-bond acceptors (Lipinski definition) is 3. The van der Waals surface area contributed by atoms with Crippen molar-refractivity contribution >= 4 is 31.9 Å². The maximum absolute atomic E-state index is 12.8. The molecule has 1 amide bonds. The number of hydrogen-bond donors (Lipinski definition) is 1. The van der Waals surface area contributed by atoms with Crippen LogP contribution in [0.1, 0.15) is 29.5 Å². The number of nitrogens with zero attached hydrogens (tertiary/aromatic N) is 1. The van der Waals surface area contributed by atoms with E-state index in [9.17, 15) is 26.4 Å². The molecule has 1 fully saturated rings. The van der Waals surface area contributed by atoms with E-state index in [4.69, 9.17) is 0 Å². The van der Waals surface area contributed by atoms with Gasteiger partial charge < -0.3 is 5.32 Å². The number of piperidine rings is 1. The average molecular weight is 519 g/mol. The molecule has 3 rings (SSSR count). The van der Waals surface area contributed by atoms with Crippen molar-refractivity contribution in [1.82, 2.24) is 9.62 Å². The van der Waals surface area contributed by atoms with Crippen LogP contribution in [0.5, 0.6) is 0 Å². The molecule has 1 aliphatic rings. The van der Waals surface area contributed by atoms with Crippen molar-refractivity contribution in [3.8, 4) is 0 Å². The third kappa shape index (κ3) is 6.54. The van der Waals surface area contributed by atoms with E-state index in [-0.39, 0.29) is 37.2 Å². The molecule has 0 saturated carbocycles. The highest BCUT2D eigenvalue weighted by molar-refractivity contribution is 9.10. The van der Waals surface area contributed by atoms with Crippen LogP contribution in [0.15, 0.2) is 53.0 Å². The Morgan fingerprint density at radius 3 is 2.35 bits per heavy atom. The lowest BCUT2D eigenvalue weighted by Crippen LogP contribution is -2.43. The summed E-state index contributed by atoms with van der Waals surface area (Å²) in [6.45, 7) is 0.458. The van der Waals surface area contributed by atoms with Gasteiger partial charge in [-0.05, 0) is 48.2 Å². The quantitative estimate of drug-likeness (QED) is 0.618. The summed E-state index contributed by atoms with van der Waals surface area (Å²) in [5, 5.41) is 2.67. The van der Waals surface area contributed by atoms with Gasteiger partial charge in [-0.15, -0.1) is 0 Å². The maximum Gasteiger partial charge on any atom is 0.416 e. The smallest absolute Gasteiger partial charge is 0.352 e. The number of carbonyl (C=O) groups excluding carboxylic acids is 1. The fourth-order valence-corrected chi connectivity index (χ4v) is 5.51. The summed E-state index contributed by atoms with van der Waals surface area (Å²) in [7, 11) is -3.50. The summed E-state index contributed by atoms with van der Waals surface area (Å²) in [4.78, 5) is 12.4. The zero-order valence-electron chi connectivity index (χ0n) is 16.5. The summed E-state index contributed by atoms with van der Waals surface area (Å²) < 4.78 is 66.0. The fourth-order valence-electron chi connectivity index (χ4n) is 3.52. The SMILES string of the molecule is O=C(NCc1cccc(C(F)(F)F)c1)C1CCN(S(=O)(=O)Cc2cccc(Br)c2)CC1. The average Bonchev–Trinajstić information content (AvgIpc) is 2.71. The van der Waals surface area contributed by atoms with Gasteiger partial charge in [0.25, 0.3) is 0 Å². The van der Waals surface area contributed by atoms with Crippen LogP contribution >= 0.6 is 15.9 Å². The molecule has 1 saturated heterocycles. The Bertz CT molecular complexity index is 1040. The minimum Gasteiger partial charge on any atom is -0.352 e. The Morgan fingerprint density at radius 1 is 1.06 bits per heavy atom. The van der Waals surface area contributed by atoms with Crippen LogP contribution in [0.2, 0.25) is 0 Å². The van der Waals surface area contributed by atoms with Crippen molar-refractivity contribution in [2.75, 3.05) is 13.1 Å². The van der Waals surface area contributed by atoms with E-state index < -0.39 is 21.8 Å². The van der Waals surface area contributed by atoms with Gasteiger partial charge in [0.1, 0.15) is 0 Å². The number of rotatable bonds is 6. The molecule has 0 spiro atoms. The number of halogens is 4. The van der Waals surface area contributed by atoms with Crippen molar-refractivity contribution < 1.29 is 26.4 Å². The Balaban J connectivity index is 1.52. The van der Waals surface area contributed by atoms with Gasteiger partial charge in [-0.3, -0.25) is 4.79 Å². The van der Waals surface area contributed by atoms with Gasteiger partial charge in [-0.2, -0.15) is 13.2 Å².